The Morgan fingerprint density at radius 3 is 2.29 bits per heavy atom. The zero-order valence-corrected chi connectivity index (χ0v) is 21.8. The van der Waals surface area contributed by atoms with Gasteiger partial charge in [-0.1, -0.05) is 30.2 Å². The number of rotatable bonds is 12. The largest absolute Gasteiger partial charge is 0.508 e. The summed E-state index contributed by atoms with van der Waals surface area (Å²) in [6.45, 7) is -1.81. The summed E-state index contributed by atoms with van der Waals surface area (Å²) in [7, 11) is 0. The van der Waals surface area contributed by atoms with E-state index in [0.717, 1.165) is 0 Å². The highest BCUT2D eigenvalue weighted by molar-refractivity contribution is 5.79. The van der Waals surface area contributed by atoms with Crippen LogP contribution in [-0.2, 0) is 36.9 Å². The van der Waals surface area contributed by atoms with Crippen LogP contribution in [0.25, 0.3) is 0 Å². The Morgan fingerprint density at radius 2 is 1.71 bits per heavy atom. The van der Waals surface area contributed by atoms with Crippen molar-refractivity contribution < 1.29 is 54.5 Å². The number of phenolic OH excluding ortho intramolecular Hbond substituents is 1. The fourth-order valence-electron chi connectivity index (χ4n) is 4.26. The van der Waals surface area contributed by atoms with Gasteiger partial charge in [-0.25, -0.2) is 4.79 Å². The first-order valence-electron chi connectivity index (χ1n) is 12.6. The third-order valence-electron chi connectivity index (χ3n) is 6.50. The predicted molar refractivity (Wildman–Crippen MR) is 141 cm³/mol. The maximum absolute atomic E-state index is 12.4. The molecule has 0 aromatic heterocycles. The molecule has 3 rings (SSSR count). The Bertz CT molecular complexity index is 1250. The molecule has 8 N–H and O–H groups in total. The Hall–Kier alpha value is -4.03. The lowest BCUT2D eigenvalue weighted by Crippen LogP contribution is -2.68. The van der Waals surface area contributed by atoms with E-state index in [4.69, 9.17) is 21.0 Å². The number of aliphatic hydroxyl groups excluding tert-OH is 4. The fourth-order valence-corrected chi connectivity index (χ4v) is 4.26. The predicted octanol–water partition coefficient (Wildman–Crippen LogP) is -1.62. The number of hydrogen-bond donors (Lipinski definition) is 8. The van der Waals surface area contributed by atoms with Crippen molar-refractivity contribution in [3.05, 3.63) is 65.2 Å². The average molecular weight is 573 g/mol. The number of carboxylic acid groups (broad SMARTS) is 1. The van der Waals surface area contributed by atoms with Crippen molar-refractivity contribution in [3.8, 4) is 18.1 Å². The van der Waals surface area contributed by atoms with E-state index in [1.165, 1.54) is 24.3 Å². The molecule has 2 amide bonds. The van der Waals surface area contributed by atoms with Crippen LogP contribution in [0.3, 0.4) is 0 Å². The molecule has 1 aliphatic heterocycles. The molecular formula is C28H32N2O11. The maximum atomic E-state index is 12.4. The zero-order valence-electron chi connectivity index (χ0n) is 21.8. The van der Waals surface area contributed by atoms with Gasteiger partial charge in [0.25, 0.3) is 5.79 Å². The highest BCUT2D eigenvalue weighted by Crippen LogP contribution is 2.34. The average Bonchev–Trinajstić information content (AvgIpc) is 2.96. The number of aromatic hydroxyl groups is 1. The van der Waals surface area contributed by atoms with E-state index >= 15 is 0 Å². The standard InChI is InChI=1S/C28H32N2O11/c1-2-16-3-5-17(6-4-16)11-22(35)29-13-21(34)25(37)26-24(30-23(36)14-31)20(33)12-28(41-26,27(38)39)40-15-18-7-9-19(32)10-8-18/h1,3-10,20-21,24-26,31-34,37H,11-15H2,(H,29,35)(H,30,36)(H,38,39)/t20-,21+,24+,25+,26+,28+/m0/s1. The van der Waals surface area contributed by atoms with Crippen LogP contribution in [0, 0.1) is 12.3 Å². The SMILES string of the molecule is C#Cc1ccc(CC(=O)NC[C@@H](O)[C@@H](O)[C@@H]2O[C@@](OCc3ccc(O)cc3)(C(=O)O)C[C@H](O)[C@H]2NC(=O)CO)cc1. The molecule has 1 fully saturated rings. The summed E-state index contributed by atoms with van der Waals surface area (Å²) in [5, 5.41) is 65.8. The first-order chi connectivity index (χ1) is 19.5. The zero-order chi connectivity index (χ0) is 30.2. The highest BCUT2D eigenvalue weighted by Gasteiger charge is 2.55. The number of carbonyl (C=O) groups is 3. The summed E-state index contributed by atoms with van der Waals surface area (Å²) in [4.78, 5) is 36.6. The molecule has 1 heterocycles. The van der Waals surface area contributed by atoms with Crippen molar-refractivity contribution in [2.24, 2.45) is 0 Å². The molecule has 0 bridgehead atoms. The minimum Gasteiger partial charge on any atom is -0.508 e. The van der Waals surface area contributed by atoms with Gasteiger partial charge in [0.2, 0.25) is 11.8 Å². The van der Waals surface area contributed by atoms with Gasteiger partial charge in [-0.15, -0.1) is 6.42 Å². The molecule has 2 aromatic rings. The molecule has 0 spiro atoms. The van der Waals surface area contributed by atoms with Crippen LogP contribution in [0.2, 0.25) is 0 Å². The number of amides is 2. The van der Waals surface area contributed by atoms with E-state index in [0.29, 0.717) is 16.7 Å². The second-order valence-electron chi connectivity index (χ2n) is 9.50. The van der Waals surface area contributed by atoms with Crippen molar-refractivity contribution in [2.45, 2.75) is 55.7 Å². The number of benzene rings is 2. The van der Waals surface area contributed by atoms with Crippen molar-refractivity contribution in [3.63, 3.8) is 0 Å². The molecule has 2 aromatic carbocycles. The van der Waals surface area contributed by atoms with Gasteiger partial charge in [-0.2, -0.15) is 0 Å². The van der Waals surface area contributed by atoms with Gasteiger partial charge in [0, 0.05) is 18.5 Å². The number of nitrogens with one attached hydrogen (secondary N) is 2. The van der Waals surface area contributed by atoms with Gasteiger partial charge in [0.1, 0.15) is 24.6 Å². The summed E-state index contributed by atoms with van der Waals surface area (Å²) in [6.07, 6.45) is -2.54. The molecule has 0 saturated carbocycles. The van der Waals surface area contributed by atoms with E-state index in [1.807, 2.05) is 0 Å². The van der Waals surface area contributed by atoms with Crippen LogP contribution < -0.4 is 10.6 Å². The normalized spacial score (nSPS) is 23.5. The Labute approximate surface area is 235 Å². The van der Waals surface area contributed by atoms with E-state index in [9.17, 15) is 39.9 Å². The van der Waals surface area contributed by atoms with Crippen molar-refractivity contribution >= 4 is 17.8 Å². The lowest BCUT2D eigenvalue weighted by Gasteiger charge is -2.46. The first-order valence-corrected chi connectivity index (χ1v) is 12.6. The number of hydrogen-bond acceptors (Lipinski definition) is 10. The molecule has 41 heavy (non-hydrogen) atoms. The van der Waals surface area contributed by atoms with E-state index in [2.05, 4.69) is 16.6 Å². The van der Waals surface area contributed by atoms with Crippen LogP contribution >= 0.6 is 0 Å². The number of ether oxygens (including phenoxy) is 2. The van der Waals surface area contributed by atoms with Gasteiger partial charge >= 0.3 is 5.97 Å². The van der Waals surface area contributed by atoms with Crippen molar-refractivity contribution in [1.29, 1.82) is 0 Å². The van der Waals surface area contributed by atoms with Gasteiger partial charge in [0.15, 0.2) is 0 Å². The summed E-state index contributed by atoms with van der Waals surface area (Å²) in [6, 6.07) is 10.8. The lowest BCUT2D eigenvalue weighted by molar-refractivity contribution is -0.314. The van der Waals surface area contributed by atoms with Gasteiger partial charge in [-0.05, 0) is 35.4 Å². The second-order valence-corrected chi connectivity index (χ2v) is 9.50. The van der Waals surface area contributed by atoms with E-state index < -0.39 is 73.6 Å². The number of carbonyl (C=O) groups excluding carboxylic acids is 2. The molecule has 0 radical (unpaired) electrons. The summed E-state index contributed by atoms with van der Waals surface area (Å²) in [5.74, 6) is -3.20. The second kappa shape index (κ2) is 14.0. The third-order valence-corrected chi connectivity index (χ3v) is 6.50. The Kier molecular flexibility index (Phi) is 10.8. The third kappa shape index (κ3) is 8.24. The first kappa shape index (κ1) is 31.5. The monoisotopic (exact) mass is 572 g/mol. The van der Waals surface area contributed by atoms with Crippen molar-refractivity contribution in [1.82, 2.24) is 10.6 Å². The lowest BCUT2D eigenvalue weighted by atomic mass is 9.88. The van der Waals surface area contributed by atoms with Gasteiger partial charge in [-0.3, -0.25) is 9.59 Å². The van der Waals surface area contributed by atoms with Crippen molar-refractivity contribution in [2.75, 3.05) is 13.2 Å². The Balaban J connectivity index is 1.74. The van der Waals surface area contributed by atoms with Crippen LogP contribution in [0.4, 0.5) is 0 Å². The quantitative estimate of drug-likeness (QED) is 0.135. The number of carboxylic acids is 1. The molecule has 220 valence electrons. The molecule has 0 aliphatic carbocycles. The summed E-state index contributed by atoms with van der Waals surface area (Å²) in [5.41, 5.74) is 1.72. The molecule has 6 atom stereocenters. The molecule has 13 nitrogen and oxygen atoms in total. The molecular weight excluding hydrogens is 540 g/mol. The molecule has 1 aliphatic rings. The van der Waals surface area contributed by atoms with E-state index in [-0.39, 0.29) is 18.8 Å². The molecule has 0 unspecified atom stereocenters. The number of phenols is 1. The molecule has 1 saturated heterocycles. The van der Waals surface area contributed by atoms with Crippen LogP contribution in [0.1, 0.15) is 23.1 Å². The van der Waals surface area contributed by atoms with E-state index in [1.54, 1.807) is 24.3 Å². The maximum Gasteiger partial charge on any atom is 0.364 e. The highest BCUT2D eigenvalue weighted by atomic mass is 16.7. The minimum atomic E-state index is -2.52. The minimum absolute atomic E-state index is 0.0282. The summed E-state index contributed by atoms with van der Waals surface area (Å²) >= 11 is 0. The number of aliphatic hydroxyl groups is 4. The fraction of sp³-hybridized carbons (Fsp3) is 0.393. The number of terminal acetylenes is 1. The van der Waals surface area contributed by atoms with Gasteiger partial charge < -0.3 is 50.7 Å². The van der Waals surface area contributed by atoms with Crippen LogP contribution in [0.5, 0.6) is 5.75 Å². The number of aliphatic carboxylic acids is 1. The van der Waals surface area contributed by atoms with Gasteiger partial charge in [0.05, 0.1) is 31.3 Å². The Morgan fingerprint density at radius 1 is 1.07 bits per heavy atom. The van der Waals surface area contributed by atoms with Crippen LogP contribution in [-0.4, -0.2) is 97.8 Å². The molecule has 13 heteroatoms. The smallest absolute Gasteiger partial charge is 0.364 e. The topological polar surface area (TPSA) is 215 Å². The van der Waals surface area contributed by atoms with Crippen LogP contribution in [0.15, 0.2) is 48.5 Å². The summed E-state index contributed by atoms with van der Waals surface area (Å²) < 4.78 is 11.2.